The van der Waals surface area contributed by atoms with Crippen molar-refractivity contribution in [2.45, 2.75) is 0 Å². The van der Waals surface area contributed by atoms with Crippen LogP contribution in [0.2, 0.25) is 0 Å². The molecule has 0 amide bonds. The Kier molecular flexibility index (Phi) is 3.82. The molecule has 4 N–H and O–H groups in total. The molecule has 0 radical (unpaired) electrons. The predicted molar refractivity (Wildman–Crippen MR) is 65.7 cm³/mol. The predicted octanol–water partition coefficient (Wildman–Crippen LogP) is 1.20. The van der Waals surface area contributed by atoms with Gasteiger partial charge in [-0.15, -0.1) is 0 Å². The molecule has 0 aromatic heterocycles. The molecule has 78 valence electrons. The maximum atomic E-state index is 9.23. The summed E-state index contributed by atoms with van der Waals surface area (Å²) in [6.07, 6.45) is 3.18. The molecule has 0 saturated carbocycles. The first-order chi connectivity index (χ1) is 7.13. The number of aromatic hydroxyl groups is 1. The van der Waals surface area contributed by atoms with Gasteiger partial charge in [0, 0.05) is 5.56 Å². The van der Waals surface area contributed by atoms with Crippen LogP contribution in [-0.2, 0) is 0 Å². The molecule has 1 aromatic rings. The monoisotopic (exact) mass is 221 g/mol. The second-order valence-corrected chi connectivity index (χ2v) is 3.19. The third kappa shape index (κ3) is 3.40. The minimum atomic E-state index is 0.102. The SMILES string of the molecule is C=Cc1cc(O)ccc1/C=N/NC(N)=S. The van der Waals surface area contributed by atoms with Crippen molar-refractivity contribution in [2.24, 2.45) is 10.8 Å². The topological polar surface area (TPSA) is 70.6 Å². The average molecular weight is 221 g/mol. The van der Waals surface area contributed by atoms with Crippen LogP contribution >= 0.6 is 12.2 Å². The first-order valence-corrected chi connectivity index (χ1v) is 4.58. The molecule has 0 fully saturated rings. The summed E-state index contributed by atoms with van der Waals surface area (Å²) in [6.45, 7) is 3.63. The molecular weight excluding hydrogens is 210 g/mol. The Balaban J connectivity index is 2.89. The molecular formula is C10H11N3OS. The number of phenolic OH excluding ortho intramolecular Hbond substituents is 1. The number of hydrogen-bond acceptors (Lipinski definition) is 3. The van der Waals surface area contributed by atoms with Crippen molar-refractivity contribution in [3.63, 3.8) is 0 Å². The van der Waals surface area contributed by atoms with Crippen LogP contribution in [0.3, 0.4) is 0 Å². The number of phenols is 1. The summed E-state index contributed by atoms with van der Waals surface area (Å²) < 4.78 is 0. The fourth-order valence-electron chi connectivity index (χ4n) is 1.02. The van der Waals surface area contributed by atoms with E-state index >= 15 is 0 Å². The highest BCUT2D eigenvalue weighted by molar-refractivity contribution is 7.80. The Morgan fingerprint density at radius 2 is 2.27 bits per heavy atom. The van der Waals surface area contributed by atoms with E-state index in [1.807, 2.05) is 0 Å². The number of thiocarbonyl (C=S) groups is 1. The van der Waals surface area contributed by atoms with Crippen LogP contribution in [-0.4, -0.2) is 16.4 Å². The lowest BCUT2D eigenvalue weighted by atomic mass is 10.1. The molecule has 0 atom stereocenters. The third-order valence-corrected chi connectivity index (χ3v) is 1.76. The Morgan fingerprint density at radius 1 is 1.53 bits per heavy atom. The highest BCUT2D eigenvalue weighted by Gasteiger charge is 1.97. The molecule has 1 aromatic carbocycles. The molecule has 0 saturated heterocycles. The summed E-state index contributed by atoms with van der Waals surface area (Å²) in [7, 11) is 0. The number of rotatable bonds is 3. The van der Waals surface area contributed by atoms with Crippen LogP contribution in [0, 0.1) is 0 Å². The quantitative estimate of drug-likeness (QED) is 0.407. The third-order valence-electron chi connectivity index (χ3n) is 1.67. The number of nitrogens with two attached hydrogens (primary N) is 1. The van der Waals surface area contributed by atoms with Gasteiger partial charge in [-0.25, -0.2) is 0 Å². The molecule has 15 heavy (non-hydrogen) atoms. The van der Waals surface area contributed by atoms with E-state index in [1.165, 1.54) is 0 Å². The fraction of sp³-hybridized carbons (Fsp3) is 0. The molecule has 0 aliphatic heterocycles. The lowest BCUT2D eigenvalue weighted by Gasteiger charge is -2.01. The summed E-state index contributed by atoms with van der Waals surface area (Å²) >= 11 is 4.59. The zero-order valence-corrected chi connectivity index (χ0v) is 8.79. The maximum absolute atomic E-state index is 9.23. The normalized spacial score (nSPS) is 10.1. The number of hydrazone groups is 1. The van der Waals surface area contributed by atoms with Gasteiger partial charge in [-0.3, -0.25) is 5.43 Å². The highest BCUT2D eigenvalue weighted by Crippen LogP contribution is 2.15. The molecule has 4 nitrogen and oxygen atoms in total. The first kappa shape index (κ1) is 11.2. The summed E-state index contributed by atoms with van der Waals surface area (Å²) in [6, 6.07) is 4.88. The van der Waals surface area contributed by atoms with Crippen LogP contribution in [0.1, 0.15) is 11.1 Å². The van der Waals surface area contributed by atoms with Gasteiger partial charge in [0.25, 0.3) is 0 Å². The van der Waals surface area contributed by atoms with E-state index in [0.29, 0.717) is 0 Å². The lowest BCUT2D eigenvalue weighted by Crippen LogP contribution is -2.24. The van der Waals surface area contributed by atoms with E-state index in [0.717, 1.165) is 11.1 Å². The van der Waals surface area contributed by atoms with Gasteiger partial charge in [0.2, 0.25) is 0 Å². The summed E-state index contributed by atoms with van der Waals surface area (Å²) in [5, 5.41) is 13.1. The average Bonchev–Trinajstić information content (AvgIpc) is 2.19. The first-order valence-electron chi connectivity index (χ1n) is 4.17. The van der Waals surface area contributed by atoms with Crippen LogP contribution in [0.25, 0.3) is 6.08 Å². The van der Waals surface area contributed by atoms with Crippen molar-refractivity contribution >= 4 is 29.6 Å². The number of hydrogen-bond donors (Lipinski definition) is 3. The van der Waals surface area contributed by atoms with Gasteiger partial charge in [-0.2, -0.15) is 5.10 Å². The zero-order chi connectivity index (χ0) is 11.3. The van der Waals surface area contributed by atoms with Crippen LogP contribution in [0.15, 0.2) is 29.9 Å². The zero-order valence-electron chi connectivity index (χ0n) is 7.97. The van der Waals surface area contributed by atoms with Crippen molar-refractivity contribution in [1.29, 1.82) is 0 Å². The van der Waals surface area contributed by atoms with Crippen LogP contribution in [0.5, 0.6) is 5.75 Å². The van der Waals surface area contributed by atoms with Crippen molar-refractivity contribution in [3.8, 4) is 5.75 Å². The standard InChI is InChI=1S/C10H11N3OS/c1-2-7-5-9(14)4-3-8(7)6-12-13-10(11)15/h2-6,14H,1H2,(H3,11,13,15)/b12-6+. The van der Waals surface area contributed by atoms with Gasteiger partial charge in [0.1, 0.15) is 5.75 Å². The van der Waals surface area contributed by atoms with E-state index < -0.39 is 0 Å². The molecule has 0 bridgehead atoms. The summed E-state index contributed by atoms with van der Waals surface area (Å²) in [5.41, 5.74) is 9.23. The van der Waals surface area contributed by atoms with Crippen LogP contribution < -0.4 is 11.2 Å². The number of benzene rings is 1. The Bertz CT molecular complexity index is 415. The van der Waals surface area contributed by atoms with Gasteiger partial charge in [-0.1, -0.05) is 12.7 Å². The van der Waals surface area contributed by atoms with E-state index in [4.69, 9.17) is 5.73 Å². The fourth-order valence-corrected chi connectivity index (χ4v) is 1.07. The molecule has 0 unspecified atom stereocenters. The van der Waals surface area contributed by atoms with Crippen molar-refractivity contribution in [2.75, 3.05) is 0 Å². The van der Waals surface area contributed by atoms with Crippen molar-refractivity contribution < 1.29 is 5.11 Å². The second-order valence-electron chi connectivity index (χ2n) is 2.75. The Hall–Kier alpha value is -1.88. The Morgan fingerprint density at radius 3 is 2.87 bits per heavy atom. The van der Waals surface area contributed by atoms with E-state index in [2.05, 4.69) is 29.3 Å². The van der Waals surface area contributed by atoms with Gasteiger partial charge in [0.15, 0.2) is 5.11 Å². The van der Waals surface area contributed by atoms with Gasteiger partial charge in [-0.05, 0) is 36.0 Å². The molecule has 0 aliphatic rings. The lowest BCUT2D eigenvalue weighted by molar-refractivity contribution is 0.475. The van der Waals surface area contributed by atoms with Crippen molar-refractivity contribution in [3.05, 3.63) is 35.9 Å². The highest BCUT2D eigenvalue weighted by atomic mass is 32.1. The molecule has 0 heterocycles. The molecule has 5 heteroatoms. The van der Waals surface area contributed by atoms with Gasteiger partial charge >= 0.3 is 0 Å². The largest absolute Gasteiger partial charge is 0.508 e. The van der Waals surface area contributed by atoms with Crippen LogP contribution in [0.4, 0.5) is 0 Å². The minimum absolute atomic E-state index is 0.102. The maximum Gasteiger partial charge on any atom is 0.184 e. The number of nitrogens with zero attached hydrogens (tertiary/aromatic N) is 1. The second kappa shape index (κ2) is 5.11. The summed E-state index contributed by atoms with van der Waals surface area (Å²) in [5.74, 6) is 0.185. The Labute approximate surface area is 93.1 Å². The molecule has 1 rings (SSSR count). The van der Waals surface area contributed by atoms with Crippen molar-refractivity contribution in [1.82, 2.24) is 5.43 Å². The van der Waals surface area contributed by atoms with E-state index in [-0.39, 0.29) is 10.9 Å². The minimum Gasteiger partial charge on any atom is -0.508 e. The smallest absolute Gasteiger partial charge is 0.184 e. The molecule has 0 spiro atoms. The van der Waals surface area contributed by atoms with Gasteiger partial charge in [0.05, 0.1) is 6.21 Å². The van der Waals surface area contributed by atoms with Gasteiger partial charge < -0.3 is 10.8 Å². The molecule has 0 aliphatic carbocycles. The van der Waals surface area contributed by atoms with E-state index in [9.17, 15) is 5.11 Å². The van der Waals surface area contributed by atoms with E-state index in [1.54, 1.807) is 30.5 Å². The summed E-state index contributed by atoms with van der Waals surface area (Å²) in [4.78, 5) is 0. The number of nitrogens with one attached hydrogen (secondary N) is 1.